The molecule has 0 aromatic heterocycles. The predicted molar refractivity (Wildman–Crippen MR) is 167 cm³/mol. The number of ether oxygens (including phenoxy) is 4. The summed E-state index contributed by atoms with van der Waals surface area (Å²) in [6.45, 7) is 6.69. The largest absolute Gasteiger partial charge is 0.496 e. The standard InChI is InChI=1S/C34H49N3O6/c1-24(2)37(34(39)26-11-16-31(42-5)32(21-26)43-20-8-19-40-3)29-13-12-27(35-23-29)17-18-36(28-14-15-28)33(38)22-25-9-6-7-10-30(25)41-4/h6-7,9-11,16,21,24,27-29,35H,8,12-15,17-20,22-23H2,1-5H3/t27-,29-/m1/s1. The van der Waals surface area contributed by atoms with Crippen LogP contribution in [-0.4, -0.2) is 93.4 Å². The Morgan fingerprint density at radius 1 is 0.907 bits per heavy atom. The van der Waals surface area contributed by atoms with Crippen LogP contribution in [0.5, 0.6) is 17.2 Å². The maximum absolute atomic E-state index is 13.8. The molecule has 0 radical (unpaired) electrons. The maximum atomic E-state index is 13.8. The molecule has 0 spiro atoms. The molecule has 1 saturated carbocycles. The lowest BCUT2D eigenvalue weighted by atomic mass is 9.95. The fourth-order valence-corrected chi connectivity index (χ4v) is 5.97. The molecular weight excluding hydrogens is 546 g/mol. The monoisotopic (exact) mass is 595 g/mol. The van der Waals surface area contributed by atoms with Crippen molar-refractivity contribution in [1.82, 2.24) is 15.1 Å². The van der Waals surface area contributed by atoms with Gasteiger partial charge in [-0.15, -0.1) is 0 Å². The van der Waals surface area contributed by atoms with Gasteiger partial charge in [0.1, 0.15) is 5.75 Å². The van der Waals surface area contributed by atoms with Crippen molar-refractivity contribution in [3.63, 3.8) is 0 Å². The molecule has 0 bridgehead atoms. The molecule has 2 fully saturated rings. The number of benzene rings is 2. The lowest BCUT2D eigenvalue weighted by Gasteiger charge is -2.40. The van der Waals surface area contributed by atoms with E-state index in [9.17, 15) is 9.59 Å². The molecule has 1 aliphatic heterocycles. The van der Waals surface area contributed by atoms with Gasteiger partial charge in [-0.3, -0.25) is 9.59 Å². The quantitative estimate of drug-likeness (QED) is 0.281. The van der Waals surface area contributed by atoms with Crippen LogP contribution in [0.3, 0.4) is 0 Å². The lowest BCUT2D eigenvalue weighted by molar-refractivity contribution is -0.131. The minimum absolute atomic E-state index is 0.00788. The second kappa shape index (κ2) is 16.0. The molecule has 43 heavy (non-hydrogen) atoms. The molecule has 1 aliphatic carbocycles. The van der Waals surface area contributed by atoms with Gasteiger partial charge in [0.05, 0.1) is 27.2 Å². The second-order valence-corrected chi connectivity index (χ2v) is 11.8. The number of rotatable bonds is 16. The third-order valence-electron chi connectivity index (χ3n) is 8.40. The molecule has 1 heterocycles. The van der Waals surface area contributed by atoms with Crippen LogP contribution in [-0.2, 0) is 16.0 Å². The minimum atomic E-state index is -0.00788. The van der Waals surface area contributed by atoms with Crippen molar-refractivity contribution in [2.75, 3.05) is 47.6 Å². The van der Waals surface area contributed by atoms with Crippen molar-refractivity contribution in [2.45, 2.75) is 83.0 Å². The SMILES string of the molecule is COCCCOc1cc(C(=O)N(C(C)C)[C@@H]2CC[C@H](CCN(C(=O)Cc3ccccc3OC)C3CC3)NC2)ccc1OC. The van der Waals surface area contributed by atoms with Crippen LogP contribution < -0.4 is 19.5 Å². The summed E-state index contributed by atoms with van der Waals surface area (Å²) in [5.74, 6) is 2.09. The first-order chi connectivity index (χ1) is 20.9. The van der Waals surface area contributed by atoms with Crippen LogP contribution >= 0.6 is 0 Å². The number of piperidine rings is 1. The zero-order chi connectivity index (χ0) is 30.8. The van der Waals surface area contributed by atoms with Gasteiger partial charge in [0.2, 0.25) is 5.91 Å². The number of carbonyl (C=O) groups is 2. The Bertz CT molecular complexity index is 1190. The van der Waals surface area contributed by atoms with Crippen molar-refractivity contribution in [3.8, 4) is 17.2 Å². The molecule has 2 aliphatic rings. The summed E-state index contributed by atoms with van der Waals surface area (Å²) in [6, 6.07) is 13.9. The Hall–Kier alpha value is -3.30. The van der Waals surface area contributed by atoms with E-state index in [-0.39, 0.29) is 23.9 Å². The Labute approximate surface area is 256 Å². The van der Waals surface area contributed by atoms with E-state index >= 15 is 0 Å². The van der Waals surface area contributed by atoms with E-state index in [4.69, 9.17) is 18.9 Å². The highest BCUT2D eigenvalue weighted by Gasteiger charge is 2.35. The van der Waals surface area contributed by atoms with Gasteiger partial charge in [-0.05, 0) is 70.2 Å². The van der Waals surface area contributed by atoms with Crippen molar-refractivity contribution in [1.29, 1.82) is 0 Å². The molecule has 0 unspecified atom stereocenters. The van der Waals surface area contributed by atoms with Gasteiger partial charge < -0.3 is 34.1 Å². The van der Waals surface area contributed by atoms with Crippen LogP contribution in [0.25, 0.3) is 0 Å². The van der Waals surface area contributed by atoms with Gasteiger partial charge >= 0.3 is 0 Å². The number of methoxy groups -OCH3 is 3. The van der Waals surface area contributed by atoms with E-state index in [1.54, 1.807) is 33.5 Å². The molecule has 2 atom stereocenters. The van der Waals surface area contributed by atoms with Gasteiger partial charge in [0.15, 0.2) is 11.5 Å². The molecule has 1 saturated heterocycles. The Morgan fingerprint density at radius 2 is 1.65 bits per heavy atom. The second-order valence-electron chi connectivity index (χ2n) is 11.8. The summed E-state index contributed by atoms with van der Waals surface area (Å²) in [6.07, 6.45) is 6.03. The molecule has 2 amide bonds. The fraction of sp³-hybridized carbons (Fsp3) is 0.588. The van der Waals surface area contributed by atoms with Crippen molar-refractivity contribution < 1.29 is 28.5 Å². The first-order valence-electron chi connectivity index (χ1n) is 15.6. The first kappa shape index (κ1) is 32.6. The number of hydrogen-bond acceptors (Lipinski definition) is 7. The number of amides is 2. The van der Waals surface area contributed by atoms with Gasteiger partial charge in [0, 0.05) is 68.5 Å². The topological polar surface area (TPSA) is 89.6 Å². The van der Waals surface area contributed by atoms with Crippen molar-refractivity contribution >= 4 is 11.8 Å². The Kier molecular flexibility index (Phi) is 12.1. The van der Waals surface area contributed by atoms with Crippen LogP contribution in [0, 0.1) is 0 Å². The van der Waals surface area contributed by atoms with E-state index in [2.05, 4.69) is 24.1 Å². The van der Waals surface area contributed by atoms with Crippen molar-refractivity contribution in [3.05, 3.63) is 53.6 Å². The highest BCUT2D eigenvalue weighted by molar-refractivity contribution is 5.95. The fourth-order valence-electron chi connectivity index (χ4n) is 5.97. The van der Waals surface area contributed by atoms with E-state index in [1.807, 2.05) is 35.2 Å². The van der Waals surface area contributed by atoms with Crippen LogP contribution in [0.4, 0.5) is 0 Å². The highest BCUT2D eigenvalue weighted by atomic mass is 16.5. The molecule has 2 aromatic rings. The number of carbonyl (C=O) groups excluding carboxylic acids is 2. The summed E-state index contributed by atoms with van der Waals surface area (Å²) in [4.78, 5) is 31.2. The van der Waals surface area contributed by atoms with Crippen LogP contribution in [0.2, 0.25) is 0 Å². The minimum Gasteiger partial charge on any atom is -0.496 e. The number of hydrogen-bond donors (Lipinski definition) is 1. The van der Waals surface area contributed by atoms with Crippen LogP contribution in [0.15, 0.2) is 42.5 Å². The first-order valence-corrected chi connectivity index (χ1v) is 15.6. The van der Waals surface area contributed by atoms with E-state index in [0.29, 0.717) is 48.8 Å². The average Bonchev–Trinajstić information content (AvgIpc) is 3.85. The molecule has 236 valence electrons. The number of nitrogens with one attached hydrogen (secondary N) is 1. The summed E-state index contributed by atoms with van der Waals surface area (Å²) in [5.41, 5.74) is 1.52. The Balaban J connectivity index is 1.33. The van der Waals surface area contributed by atoms with E-state index < -0.39 is 0 Å². The van der Waals surface area contributed by atoms with Gasteiger partial charge in [-0.1, -0.05) is 18.2 Å². The highest BCUT2D eigenvalue weighted by Crippen LogP contribution is 2.31. The summed E-state index contributed by atoms with van der Waals surface area (Å²) < 4.78 is 22.0. The average molecular weight is 596 g/mol. The molecule has 2 aromatic carbocycles. The zero-order valence-electron chi connectivity index (χ0n) is 26.5. The molecule has 4 rings (SSSR count). The van der Waals surface area contributed by atoms with Crippen molar-refractivity contribution in [2.24, 2.45) is 0 Å². The maximum Gasteiger partial charge on any atom is 0.254 e. The molecule has 9 heteroatoms. The van der Waals surface area contributed by atoms with Crippen LogP contribution in [0.1, 0.15) is 68.3 Å². The summed E-state index contributed by atoms with van der Waals surface area (Å²) >= 11 is 0. The summed E-state index contributed by atoms with van der Waals surface area (Å²) in [5, 5.41) is 3.69. The normalized spacial score (nSPS) is 18.3. The third-order valence-corrected chi connectivity index (χ3v) is 8.40. The van der Waals surface area contributed by atoms with Gasteiger partial charge in [0.25, 0.3) is 5.91 Å². The van der Waals surface area contributed by atoms with Gasteiger partial charge in [-0.25, -0.2) is 0 Å². The molecular formula is C34H49N3O6. The number of para-hydroxylation sites is 1. The van der Waals surface area contributed by atoms with E-state index in [1.165, 1.54) is 0 Å². The number of nitrogens with zero attached hydrogens (tertiary/aromatic N) is 2. The molecule has 1 N–H and O–H groups in total. The third kappa shape index (κ3) is 8.86. The smallest absolute Gasteiger partial charge is 0.254 e. The van der Waals surface area contributed by atoms with Gasteiger partial charge in [-0.2, -0.15) is 0 Å². The lowest BCUT2D eigenvalue weighted by Crippen LogP contribution is -2.54. The molecule has 9 nitrogen and oxygen atoms in total. The Morgan fingerprint density at radius 3 is 2.30 bits per heavy atom. The summed E-state index contributed by atoms with van der Waals surface area (Å²) in [7, 11) is 4.91. The van der Waals surface area contributed by atoms with E-state index in [0.717, 1.165) is 62.9 Å². The predicted octanol–water partition coefficient (Wildman–Crippen LogP) is 4.71. The zero-order valence-corrected chi connectivity index (χ0v) is 26.5.